The van der Waals surface area contributed by atoms with Gasteiger partial charge in [0.05, 0.1) is 0 Å². The lowest BCUT2D eigenvalue weighted by atomic mass is 9.72. The van der Waals surface area contributed by atoms with Gasteiger partial charge in [0.2, 0.25) is 0 Å². The molecular weight excluding hydrogens is 228 g/mol. The van der Waals surface area contributed by atoms with Crippen LogP contribution in [-0.4, -0.2) is 17.3 Å². The lowest BCUT2D eigenvalue weighted by Gasteiger charge is -2.36. The largest absolute Gasteiger partial charge is 0.456 e. The first-order chi connectivity index (χ1) is 7.30. The summed E-state index contributed by atoms with van der Waals surface area (Å²) in [5, 5.41) is -1.03. The Kier molecular flexibility index (Phi) is 4.36. The summed E-state index contributed by atoms with van der Waals surface area (Å²) in [6.07, 6.45) is 3.61. The van der Waals surface area contributed by atoms with Crippen molar-refractivity contribution in [2.24, 2.45) is 11.3 Å². The van der Waals surface area contributed by atoms with E-state index in [1.165, 1.54) is 0 Å². The first kappa shape index (κ1) is 13.5. The molecule has 0 amide bonds. The maximum atomic E-state index is 11.0. The fourth-order valence-electron chi connectivity index (χ4n) is 2.24. The highest BCUT2D eigenvalue weighted by atomic mass is 35.5. The van der Waals surface area contributed by atoms with Gasteiger partial charge >= 0.3 is 11.2 Å². The number of halogens is 1. The van der Waals surface area contributed by atoms with Crippen LogP contribution in [0.25, 0.3) is 0 Å². The molecule has 0 unspecified atom stereocenters. The van der Waals surface area contributed by atoms with Gasteiger partial charge in [0.1, 0.15) is 6.10 Å². The number of esters is 1. The minimum Gasteiger partial charge on any atom is -0.456 e. The highest BCUT2D eigenvalue weighted by molar-refractivity contribution is 6.80. The van der Waals surface area contributed by atoms with Gasteiger partial charge in [0, 0.05) is 0 Å². The summed E-state index contributed by atoms with van der Waals surface area (Å²) in [7, 11) is 0. The summed E-state index contributed by atoms with van der Waals surface area (Å²) in [6, 6.07) is 0. The van der Waals surface area contributed by atoms with Crippen molar-refractivity contribution in [1.29, 1.82) is 0 Å². The molecule has 92 valence electrons. The van der Waals surface area contributed by atoms with Gasteiger partial charge in [-0.3, -0.25) is 4.79 Å². The summed E-state index contributed by atoms with van der Waals surface area (Å²) >= 11 is 5.04. The van der Waals surface area contributed by atoms with Crippen molar-refractivity contribution >= 4 is 22.8 Å². The number of hydrogen-bond acceptors (Lipinski definition) is 3. The van der Waals surface area contributed by atoms with Gasteiger partial charge in [-0.25, -0.2) is 4.79 Å². The lowest BCUT2D eigenvalue weighted by molar-refractivity contribution is -0.156. The van der Waals surface area contributed by atoms with Crippen LogP contribution in [0.15, 0.2) is 0 Å². The van der Waals surface area contributed by atoms with Crippen LogP contribution in [0, 0.1) is 11.3 Å². The van der Waals surface area contributed by atoms with Crippen molar-refractivity contribution in [3.8, 4) is 0 Å². The van der Waals surface area contributed by atoms with Crippen molar-refractivity contribution in [1.82, 2.24) is 0 Å². The van der Waals surface area contributed by atoms with Crippen LogP contribution in [0.2, 0.25) is 0 Å². The lowest BCUT2D eigenvalue weighted by Crippen LogP contribution is -2.31. The second-order valence-corrected chi connectivity index (χ2v) is 5.86. The summed E-state index contributed by atoms with van der Waals surface area (Å²) < 4.78 is 4.99. The van der Waals surface area contributed by atoms with Crippen molar-refractivity contribution in [2.75, 3.05) is 0 Å². The second-order valence-electron chi connectivity index (χ2n) is 5.52. The van der Waals surface area contributed by atoms with Crippen LogP contribution in [-0.2, 0) is 14.3 Å². The van der Waals surface area contributed by atoms with Crippen LogP contribution < -0.4 is 0 Å². The monoisotopic (exact) mass is 246 g/mol. The first-order valence-corrected chi connectivity index (χ1v) is 6.09. The molecule has 0 bridgehead atoms. The predicted octanol–water partition coefficient (Wildman–Crippen LogP) is 2.90. The Balaban J connectivity index is 2.38. The maximum absolute atomic E-state index is 11.0. The molecule has 0 heterocycles. The van der Waals surface area contributed by atoms with Gasteiger partial charge in [0.25, 0.3) is 0 Å². The van der Waals surface area contributed by atoms with Crippen molar-refractivity contribution in [3.05, 3.63) is 0 Å². The SMILES string of the molecule is CC(C)(C)C1CCC(OC(=O)C(=O)Cl)CC1. The fourth-order valence-corrected chi connectivity index (χ4v) is 2.29. The highest BCUT2D eigenvalue weighted by Crippen LogP contribution is 2.38. The van der Waals surface area contributed by atoms with Crippen LogP contribution in [0.1, 0.15) is 46.5 Å². The molecule has 0 atom stereocenters. The topological polar surface area (TPSA) is 43.4 Å². The van der Waals surface area contributed by atoms with Crippen LogP contribution in [0.3, 0.4) is 0 Å². The van der Waals surface area contributed by atoms with Crippen molar-refractivity contribution < 1.29 is 14.3 Å². The normalized spacial score (nSPS) is 26.2. The van der Waals surface area contributed by atoms with Crippen LogP contribution in [0.5, 0.6) is 0 Å². The minimum absolute atomic E-state index is 0.131. The van der Waals surface area contributed by atoms with Crippen molar-refractivity contribution in [3.63, 3.8) is 0 Å². The van der Waals surface area contributed by atoms with E-state index in [9.17, 15) is 9.59 Å². The van der Waals surface area contributed by atoms with Gasteiger partial charge < -0.3 is 4.74 Å². The highest BCUT2D eigenvalue weighted by Gasteiger charge is 2.31. The number of rotatable bonds is 2. The molecule has 1 saturated carbocycles. The molecule has 3 nitrogen and oxygen atoms in total. The Morgan fingerprint density at radius 1 is 1.12 bits per heavy atom. The molecule has 1 aliphatic carbocycles. The molecule has 1 rings (SSSR count). The molecule has 0 spiro atoms. The molecule has 0 aromatic rings. The van der Waals surface area contributed by atoms with Crippen molar-refractivity contribution in [2.45, 2.75) is 52.6 Å². The minimum atomic E-state index is -1.03. The Morgan fingerprint density at radius 3 is 2.00 bits per heavy atom. The Labute approximate surface area is 101 Å². The average Bonchev–Trinajstić information content (AvgIpc) is 2.17. The second kappa shape index (κ2) is 5.17. The molecule has 16 heavy (non-hydrogen) atoms. The van der Waals surface area contributed by atoms with E-state index < -0.39 is 11.2 Å². The van der Waals surface area contributed by atoms with Gasteiger partial charge in [-0.2, -0.15) is 0 Å². The summed E-state index contributed by atoms with van der Waals surface area (Å²) in [5.74, 6) is -0.255. The zero-order valence-electron chi connectivity index (χ0n) is 10.1. The smallest absolute Gasteiger partial charge is 0.391 e. The van der Waals surface area contributed by atoms with Gasteiger partial charge in [0.15, 0.2) is 0 Å². The van der Waals surface area contributed by atoms with E-state index in [1.807, 2.05) is 0 Å². The number of carbonyl (C=O) groups excluding carboxylic acids is 2. The Morgan fingerprint density at radius 2 is 1.62 bits per heavy atom. The zero-order chi connectivity index (χ0) is 12.3. The van der Waals surface area contributed by atoms with Gasteiger partial charge in [-0.15, -0.1) is 0 Å². The fraction of sp³-hybridized carbons (Fsp3) is 0.833. The molecule has 4 heteroatoms. The molecular formula is C12H19ClO3. The van der Waals surface area contributed by atoms with E-state index >= 15 is 0 Å². The summed E-state index contributed by atoms with van der Waals surface area (Å²) in [5.41, 5.74) is 0.303. The molecule has 0 aliphatic heterocycles. The van der Waals surface area contributed by atoms with E-state index in [0.29, 0.717) is 11.3 Å². The van der Waals surface area contributed by atoms with E-state index in [1.54, 1.807) is 0 Å². The molecule has 1 aliphatic rings. The van der Waals surface area contributed by atoms with E-state index in [2.05, 4.69) is 20.8 Å². The Hall–Kier alpha value is -0.570. The molecule has 0 aromatic heterocycles. The van der Waals surface area contributed by atoms with E-state index in [4.69, 9.17) is 16.3 Å². The van der Waals surface area contributed by atoms with Crippen LogP contribution in [0.4, 0.5) is 0 Å². The molecule has 1 fully saturated rings. The third-order valence-electron chi connectivity index (χ3n) is 3.33. The third-order valence-corrected chi connectivity index (χ3v) is 3.49. The zero-order valence-corrected chi connectivity index (χ0v) is 10.8. The number of hydrogen-bond donors (Lipinski definition) is 0. The summed E-state index contributed by atoms with van der Waals surface area (Å²) in [4.78, 5) is 21.5. The van der Waals surface area contributed by atoms with E-state index in [-0.39, 0.29) is 6.10 Å². The Bertz CT molecular complexity index is 272. The first-order valence-electron chi connectivity index (χ1n) is 5.71. The standard InChI is InChI=1S/C12H19ClO3/c1-12(2,3)8-4-6-9(7-5-8)16-11(15)10(13)14/h8-9H,4-7H2,1-3H3. The quantitative estimate of drug-likeness (QED) is 0.428. The van der Waals surface area contributed by atoms with Gasteiger partial charge in [-0.1, -0.05) is 20.8 Å². The maximum Gasteiger partial charge on any atom is 0.391 e. The summed E-state index contributed by atoms with van der Waals surface area (Å²) in [6.45, 7) is 6.69. The predicted molar refractivity (Wildman–Crippen MR) is 62.2 cm³/mol. The number of ether oxygens (including phenoxy) is 1. The van der Waals surface area contributed by atoms with Crippen LogP contribution >= 0.6 is 11.6 Å². The molecule has 0 saturated heterocycles. The van der Waals surface area contributed by atoms with E-state index in [0.717, 1.165) is 25.7 Å². The molecule has 0 aromatic carbocycles. The number of carbonyl (C=O) groups is 2. The molecule has 0 radical (unpaired) electrons. The average molecular weight is 247 g/mol. The molecule has 0 N–H and O–H groups in total. The van der Waals surface area contributed by atoms with Gasteiger partial charge in [-0.05, 0) is 48.6 Å². The third kappa shape index (κ3) is 3.78.